The zero-order valence-electron chi connectivity index (χ0n) is 19.5. The van der Waals surface area contributed by atoms with Crippen LogP contribution in [-0.2, 0) is 13.7 Å². The summed E-state index contributed by atoms with van der Waals surface area (Å²) in [6.45, 7) is 13.7. The fourth-order valence-corrected chi connectivity index (χ4v) is 5.81. The van der Waals surface area contributed by atoms with Crippen molar-refractivity contribution >= 4 is 51.6 Å². The van der Waals surface area contributed by atoms with Crippen molar-refractivity contribution in [2.75, 3.05) is 37.0 Å². The Morgan fingerprint density at radius 3 is 1.17 bits per heavy atom. The Kier molecular flexibility index (Phi) is 19.7. The Morgan fingerprint density at radius 2 is 0.900 bits per heavy atom. The maximum atomic E-state index is 3.69. The van der Waals surface area contributed by atoms with E-state index in [4.69, 9.17) is 0 Å². The van der Waals surface area contributed by atoms with Crippen molar-refractivity contribution in [3.05, 3.63) is 60.7 Å². The van der Waals surface area contributed by atoms with E-state index in [1.807, 2.05) is 12.1 Å². The maximum absolute atomic E-state index is 3.69. The van der Waals surface area contributed by atoms with E-state index in [2.05, 4.69) is 118 Å². The van der Waals surface area contributed by atoms with Gasteiger partial charge in [-0.25, -0.2) is 0 Å². The van der Waals surface area contributed by atoms with Crippen molar-refractivity contribution in [2.45, 2.75) is 41.5 Å². The van der Waals surface area contributed by atoms with Crippen LogP contribution in [0.2, 0.25) is 0 Å². The second-order valence-corrected chi connectivity index (χ2v) is 13.2. The van der Waals surface area contributed by atoms with Gasteiger partial charge in [0.2, 0.25) is 0 Å². The molecular formula is C26H39BrNiP2-. The average molecular weight is 552 g/mol. The van der Waals surface area contributed by atoms with Crippen molar-refractivity contribution in [1.82, 2.24) is 0 Å². The molecule has 0 radical (unpaired) electrons. The standard InChI is InChI=1S/C14H9.2C6H15P.BrH.Ni/c1-2-6-12-10-14-8-4-3-7-13(14)9-11(12)5-1;2*1-4-7(5-2)6-3;;/h1-9H;2*4-6H2,1-3H3;1H;/q-1;;;;+1/p-1. The molecule has 4 heteroatoms. The molecule has 0 N–H and O–H groups in total. The van der Waals surface area contributed by atoms with Crippen LogP contribution < -0.4 is 0 Å². The minimum Gasteiger partial charge on any atom is -0.118 e. The summed E-state index contributed by atoms with van der Waals surface area (Å²) >= 11 is 6.25. The van der Waals surface area contributed by atoms with Gasteiger partial charge < -0.3 is 0 Å². The largest absolute Gasteiger partial charge is 0.118 e. The molecule has 0 heterocycles. The molecule has 3 rings (SSSR count). The number of hydrogen-bond donors (Lipinski definition) is 0. The summed E-state index contributed by atoms with van der Waals surface area (Å²) in [6.07, 6.45) is 8.51. The van der Waals surface area contributed by atoms with Crippen LogP contribution in [0.25, 0.3) is 21.5 Å². The molecular weight excluding hydrogens is 513 g/mol. The van der Waals surface area contributed by atoms with Crippen LogP contribution in [0.3, 0.4) is 0 Å². The SMILES string of the molecule is CCP(CC)CC.CCP(CC)CC.[Ni][Br].[c-]1c2ccccc2cc2ccccc12. The Balaban J connectivity index is 0.000000452. The molecule has 0 aliphatic carbocycles. The Hall–Kier alpha value is 0.0135. The quantitative estimate of drug-likeness (QED) is 0.124. The van der Waals surface area contributed by atoms with Gasteiger partial charge in [-0.1, -0.05) is 88.7 Å². The smallest absolute Gasteiger partial charge is 0.0765 e. The third kappa shape index (κ3) is 11.6. The molecule has 0 amide bonds. The Bertz CT molecular complexity index is 658. The van der Waals surface area contributed by atoms with Gasteiger partial charge in [0.25, 0.3) is 0 Å². The van der Waals surface area contributed by atoms with E-state index in [0.29, 0.717) is 15.8 Å². The van der Waals surface area contributed by atoms with Gasteiger partial charge in [0.15, 0.2) is 0 Å². The van der Waals surface area contributed by atoms with Crippen LogP contribution in [0.4, 0.5) is 0 Å². The van der Waals surface area contributed by atoms with Gasteiger partial charge in [-0.15, -0.1) is 50.9 Å². The van der Waals surface area contributed by atoms with Gasteiger partial charge in [0.1, 0.15) is 0 Å². The van der Waals surface area contributed by atoms with Gasteiger partial charge in [-0.3, -0.25) is 0 Å². The average Bonchev–Trinajstić information content (AvgIpc) is 2.82. The second-order valence-electron chi connectivity index (χ2n) is 6.68. The molecule has 0 saturated heterocycles. The number of rotatable bonds is 6. The molecule has 0 bridgehead atoms. The van der Waals surface area contributed by atoms with E-state index in [0.717, 1.165) is 0 Å². The molecule has 0 aromatic heterocycles. The van der Waals surface area contributed by atoms with E-state index in [1.165, 1.54) is 58.5 Å². The number of halogens is 1. The summed E-state index contributed by atoms with van der Waals surface area (Å²) in [7, 11) is 0.892. The second kappa shape index (κ2) is 19.7. The predicted octanol–water partition coefficient (Wildman–Crippen LogP) is 9.69. The number of fused-ring (bicyclic) bond motifs is 2. The molecule has 30 heavy (non-hydrogen) atoms. The van der Waals surface area contributed by atoms with E-state index in [9.17, 15) is 0 Å². The molecule has 0 atom stereocenters. The third-order valence-electron chi connectivity index (χ3n) is 5.19. The molecule has 3 aromatic rings. The summed E-state index contributed by atoms with van der Waals surface area (Å²) in [5, 5.41) is 4.88. The summed E-state index contributed by atoms with van der Waals surface area (Å²) in [6, 6.07) is 22.3. The first-order chi connectivity index (χ1) is 14.6. The Morgan fingerprint density at radius 1 is 0.600 bits per heavy atom. The van der Waals surface area contributed by atoms with E-state index in [1.54, 1.807) is 0 Å². The van der Waals surface area contributed by atoms with Crippen LogP contribution in [0.5, 0.6) is 0 Å². The topological polar surface area (TPSA) is 0 Å². The van der Waals surface area contributed by atoms with E-state index >= 15 is 0 Å². The minimum atomic E-state index is 0.446. The summed E-state index contributed by atoms with van der Waals surface area (Å²) in [5.41, 5.74) is 0. The van der Waals surface area contributed by atoms with Gasteiger partial charge in [-0.2, -0.15) is 0 Å². The summed E-state index contributed by atoms with van der Waals surface area (Å²) < 4.78 is 0. The van der Waals surface area contributed by atoms with Crippen LogP contribution in [0.1, 0.15) is 41.5 Å². The number of benzene rings is 3. The van der Waals surface area contributed by atoms with E-state index < -0.39 is 0 Å². The van der Waals surface area contributed by atoms with Crippen LogP contribution in [-0.4, -0.2) is 37.0 Å². The summed E-state index contributed by atoms with van der Waals surface area (Å²) in [4.78, 5) is 0. The molecule has 3 aromatic carbocycles. The van der Waals surface area contributed by atoms with E-state index in [-0.39, 0.29) is 0 Å². The Labute approximate surface area is 203 Å². The van der Waals surface area contributed by atoms with Crippen LogP contribution in [0, 0.1) is 6.07 Å². The van der Waals surface area contributed by atoms with Crippen molar-refractivity contribution in [3.63, 3.8) is 0 Å². The summed E-state index contributed by atoms with van der Waals surface area (Å²) in [5.74, 6) is 0. The van der Waals surface area contributed by atoms with Gasteiger partial charge in [0, 0.05) is 0 Å². The molecule has 171 valence electrons. The predicted molar refractivity (Wildman–Crippen MR) is 146 cm³/mol. The fraction of sp³-hybridized carbons (Fsp3) is 0.462. The third-order valence-corrected chi connectivity index (χ3v) is 10.6. The van der Waals surface area contributed by atoms with Crippen LogP contribution >= 0.6 is 30.1 Å². The molecule has 0 fully saturated rings. The van der Waals surface area contributed by atoms with Gasteiger partial charge >= 0.3 is 27.9 Å². The molecule has 0 spiro atoms. The van der Waals surface area contributed by atoms with Crippen molar-refractivity contribution in [3.8, 4) is 0 Å². The zero-order valence-corrected chi connectivity index (χ0v) is 23.9. The van der Waals surface area contributed by atoms with Gasteiger partial charge in [-0.05, 0) is 37.0 Å². The zero-order chi connectivity index (χ0) is 22.8. The molecule has 0 nitrogen and oxygen atoms in total. The normalized spacial score (nSPS) is 10.1. The maximum Gasteiger partial charge on any atom is -0.0765 e. The van der Waals surface area contributed by atoms with Crippen LogP contribution in [0.15, 0.2) is 54.6 Å². The molecule has 0 saturated carbocycles. The molecule has 0 unspecified atom stereocenters. The van der Waals surface area contributed by atoms with Crippen molar-refractivity contribution in [2.24, 2.45) is 0 Å². The van der Waals surface area contributed by atoms with Crippen molar-refractivity contribution in [1.29, 1.82) is 0 Å². The first kappa shape index (κ1) is 30.0. The van der Waals surface area contributed by atoms with Crippen molar-refractivity contribution < 1.29 is 13.7 Å². The first-order valence-corrected chi connectivity index (χ1v) is 17.2. The fourth-order valence-electron chi connectivity index (χ4n) is 3.13. The number of hydrogen-bond acceptors (Lipinski definition) is 0. The minimum absolute atomic E-state index is 0.446. The molecule has 0 aliphatic heterocycles. The monoisotopic (exact) mass is 550 g/mol. The van der Waals surface area contributed by atoms with Gasteiger partial charge in [0.05, 0.1) is 0 Å². The molecule has 0 aliphatic rings. The first-order valence-electron chi connectivity index (χ1n) is 11.0.